The Hall–Kier alpha value is -1.50. The normalized spacial score (nSPS) is 12.2. The van der Waals surface area contributed by atoms with Gasteiger partial charge in [-0.3, -0.25) is 4.79 Å². The minimum absolute atomic E-state index is 0.0683. The van der Waals surface area contributed by atoms with Crippen LogP contribution >= 0.6 is 0 Å². The Kier molecular flexibility index (Phi) is 9.36. The van der Waals surface area contributed by atoms with Crippen LogP contribution in [0.2, 0.25) is 0 Å². The molecule has 0 aliphatic carbocycles. The first-order valence-corrected chi connectivity index (χ1v) is 11.4. The fraction of sp³-hybridized carbons (Fsp3) is 0.750. The number of nitrogens with zero attached hydrogens (tertiary/aromatic N) is 2. The van der Waals surface area contributed by atoms with E-state index in [1.54, 1.807) is 26.8 Å². The predicted octanol–water partition coefficient (Wildman–Crippen LogP) is 3.85. The molecule has 7 heteroatoms. The Morgan fingerprint density at radius 1 is 1.11 bits per heavy atom. The second kappa shape index (κ2) is 10.7. The lowest BCUT2D eigenvalue weighted by Crippen LogP contribution is -2.30. The number of hydrogen-bond donors (Lipinski definition) is 0. The highest BCUT2D eigenvalue weighted by atomic mass is 32.2. The molecule has 27 heavy (non-hydrogen) atoms. The third kappa shape index (κ3) is 8.82. The van der Waals surface area contributed by atoms with Gasteiger partial charge in [0.25, 0.3) is 0 Å². The van der Waals surface area contributed by atoms with Gasteiger partial charge in [0.1, 0.15) is 11.6 Å². The molecule has 1 rings (SSSR count). The number of Topliss-reactive ketones (excluding diaryl/α,β-unsaturated/α-hetero) is 1. The summed E-state index contributed by atoms with van der Waals surface area (Å²) in [5, 5.41) is 0. The molecule has 6 nitrogen and oxygen atoms in total. The van der Waals surface area contributed by atoms with Gasteiger partial charge in [0.2, 0.25) is 5.88 Å². The summed E-state index contributed by atoms with van der Waals surface area (Å²) in [7, 11) is -3.09. The van der Waals surface area contributed by atoms with Crippen molar-refractivity contribution in [2.45, 2.75) is 84.3 Å². The summed E-state index contributed by atoms with van der Waals surface area (Å²) in [5.74, 6) is 1.25. The number of aromatic nitrogens is 2. The van der Waals surface area contributed by atoms with Gasteiger partial charge in [-0.15, -0.1) is 0 Å². The van der Waals surface area contributed by atoms with Crippen molar-refractivity contribution in [3.8, 4) is 5.88 Å². The van der Waals surface area contributed by atoms with Crippen LogP contribution in [0.1, 0.15) is 77.7 Å². The summed E-state index contributed by atoms with van der Waals surface area (Å²) >= 11 is 0. The third-order valence-electron chi connectivity index (χ3n) is 4.28. The molecule has 0 unspecified atom stereocenters. The Labute approximate surface area is 164 Å². The van der Waals surface area contributed by atoms with E-state index in [1.165, 1.54) is 0 Å². The van der Waals surface area contributed by atoms with Crippen LogP contribution < -0.4 is 4.74 Å². The quantitative estimate of drug-likeness (QED) is 0.497. The van der Waals surface area contributed by atoms with Gasteiger partial charge in [-0.05, 0) is 47.0 Å². The topological polar surface area (TPSA) is 86.2 Å². The van der Waals surface area contributed by atoms with E-state index in [-0.39, 0.29) is 18.0 Å². The summed E-state index contributed by atoms with van der Waals surface area (Å²) in [6, 6.07) is 1.78. The summed E-state index contributed by atoms with van der Waals surface area (Å²) in [6.45, 7) is 9.71. The van der Waals surface area contributed by atoms with Gasteiger partial charge in [0.05, 0.1) is 23.5 Å². The molecule has 0 radical (unpaired) electrons. The number of ketones is 1. The Morgan fingerprint density at radius 2 is 1.81 bits per heavy atom. The molecule has 0 atom stereocenters. The smallest absolute Gasteiger partial charge is 0.216 e. The van der Waals surface area contributed by atoms with Crippen LogP contribution in [0.3, 0.4) is 0 Å². The van der Waals surface area contributed by atoms with E-state index in [2.05, 4.69) is 16.9 Å². The third-order valence-corrected chi connectivity index (χ3v) is 6.97. The summed E-state index contributed by atoms with van der Waals surface area (Å²) in [6.07, 6.45) is 4.61. The molecule has 0 bridgehead atoms. The lowest BCUT2D eigenvalue weighted by atomic mass is 10.1. The SMILES string of the molecule is CCCCOc1cc(C)nc(CC(=O)CCCCCS(=O)(=O)C(C)(C)C)n1. The lowest BCUT2D eigenvalue weighted by Gasteiger charge is -2.18. The number of hydrogen-bond acceptors (Lipinski definition) is 6. The van der Waals surface area contributed by atoms with Crippen LogP contribution in [0.25, 0.3) is 0 Å². The van der Waals surface area contributed by atoms with E-state index in [0.29, 0.717) is 37.6 Å². The molecule has 0 spiro atoms. The molecule has 0 aromatic carbocycles. The summed E-state index contributed by atoms with van der Waals surface area (Å²) < 4.78 is 29.0. The van der Waals surface area contributed by atoms with Gasteiger partial charge in [-0.2, -0.15) is 4.98 Å². The highest BCUT2D eigenvalue weighted by Gasteiger charge is 2.27. The second-order valence-corrected chi connectivity index (χ2v) is 10.8. The Balaban J connectivity index is 2.40. The van der Waals surface area contributed by atoms with Crippen LogP contribution in [0.15, 0.2) is 6.07 Å². The van der Waals surface area contributed by atoms with Gasteiger partial charge in [-0.25, -0.2) is 13.4 Å². The highest BCUT2D eigenvalue weighted by Crippen LogP contribution is 2.18. The molecule has 0 saturated carbocycles. The second-order valence-electron chi connectivity index (χ2n) is 7.92. The van der Waals surface area contributed by atoms with Gasteiger partial charge in [0.15, 0.2) is 9.84 Å². The Bertz CT molecular complexity index is 709. The molecule has 1 aromatic rings. The largest absolute Gasteiger partial charge is 0.478 e. The van der Waals surface area contributed by atoms with Crippen molar-refractivity contribution in [1.82, 2.24) is 9.97 Å². The van der Waals surface area contributed by atoms with Crippen molar-refractivity contribution >= 4 is 15.6 Å². The van der Waals surface area contributed by atoms with Crippen LogP contribution in [0.5, 0.6) is 5.88 Å². The maximum Gasteiger partial charge on any atom is 0.216 e. The first-order valence-electron chi connectivity index (χ1n) is 9.76. The van der Waals surface area contributed by atoms with E-state index in [1.807, 2.05) is 6.92 Å². The van der Waals surface area contributed by atoms with E-state index in [0.717, 1.165) is 25.0 Å². The molecular formula is C20H34N2O4S. The van der Waals surface area contributed by atoms with Crippen molar-refractivity contribution in [1.29, 1.82) is 0 Å². The molecule has 1 aromatic heterocycles. The number of carbonyl (C=O) groups excluding carboxylic acids is 1. The fourth-order valence-electron chi connectivity index (χ4n) is 2.44. The minimum atomic E-state index is -3.09. The standard InChI is InChI=1S/C20H34N2O4S/c1-6-7-12-26-19-14-16(2)21-18(22-19)15-17(23)11-9-8-10-13-27(24,25)20(3,4)5/h14H,6-13,15H2,1-5H3. The molecule has 0 amide bonds. The van der Waals surface area contributed by atoms with Crippen LogP contribution in [-0.2, 0) is 21.1 Å². The first-order chi connectivity index (χ1) is 12.5. The maximum atomic E-state index is 12.2. The fourth-order valence-corrected chi connectivity index (χ4v) is 3.63. The first kappa shape index (κ1) is 23.5. The van der Waals surface area contributed by atoms with Crippen LogP contribution in [0.4, 0.5) is 0 Å². The number of sulfone groups is 1. The summed E-state index contributed by atoms with van der Waals surface area (Å²) in [5.41, 5.74) is 0.784. The van der Waals surface area contributed by atoms with E-state index in [9.17, 15) is 13.2 Å². The number of carbonyl (C=O) groups is 1. The Morgan fingerprint density at radius 3 is 2.44 bits per heavy atom. The van der Waals surface area contributed by atoms with Crippen LogP contribution in [0, 0.1) is 6.92 Å². The van der Waals surface area contributed by atoms with Crippen molar-refractivity contribution in [3.63, 3.8) is 0 Å². The average Bonchev–Trinajstić information content (AvgIpc) is 2.53. The van der Waals surface area contributed by atoms with E-state index in [4.69, 9.17) is 4.74 Å². The predicted molar refractivity (Wildman–Crippen MR) is 108 cm³/mol. The molecular weight excluding hydrogens is 364 g/mol. The van der Waals surface area contributed by atoms with E-state index < -0.39 is 14.6 Å². The van der Waals surface area contributed by atoms with Crippen molar-refractivity contribution in [3.05, 3.63) is 17.6 Å². The van der Waals surface area contributed by atoms with Crippen molar-refractivity contribution in [2.75, 3.05) is 12.4 Å². The number of unbranched alkanes of at least 4 members (excludes halogenated alkanes) is 3. The van der Waals surface area contributed by atoms with Crippen LogP contribution in [-0.4, -0.2) is 41.3 Å². The maximum absolute atomic E-state index is 12.2. The van der Waals surface area contributed by atoms with Gasteiger partial charge < -0.3 is 4.74 Å². The van der Waals surface area contributed by atoms with E-state index >= 15 is 0 Å². The van der Waals surface area contributed by atoms with Crippen molar-refractivity contribution in [2.24, 2.45) is 0 Å². The zero-order valence-electron chi connectivity index (χ0n) is 17.4. The van der Waals surface area contributed by atoms with Crippen molar-refractivity contribution < 1.29 is 17.9 Å². The van der Waals surface area contributed by atoms with Gasteiger partial charge in [0, 0.05) is 18.2 Å². The zero-order chi connectivity index (χ0) is 20.5. The van der Waals surface area contributed by atoms with Gasteiger partial charge in [-0.1, -0.05) is 19.8 Å². The number of rotatable bonds is 12. The molecule has 0 aliphatic rings. The molecule has 0 aliphatic heterocycles. The molecule has 0 N–H and O–H groups in total. The minimum Gasteiger partial charge on any atom is -0.478 e. The zero-order valence-corrected chi connectivity index (χ0v) is 18.2. The number of aryl methyl sites for hydroxylation is 1. The monoisotopic (exact) mass is 398 g/mol. The average molecular weight is 399 g/mol. The number of ether oxygens (including phenoxy) is 1. The molecule has 1 heterocycles. The molecule has 0 fully saturated rings. The van der Waals surface area contributed by atoms with Gasteiger partial charge >= 0.3 is 0 Å². The molecule has 0 saturated heterocycles. The molecule has 154 valence electrons. The summed E-state index contributed by atoms with van der Waals surface area (Å²) in [4.78, 5) is 20.8. The highest BCUT2D eigenvalue weighted by molar-refractivity contribution is 7.92. The lowest BCUT2D eigenvalue weighted by molar-refractivity contribution is -0.118.